The van der Waals surface area contributed by atoms with Crippen LogP contribution in [0.25, 0.3) is 0 Å². The van der Waals surface area contributed by atoms with Crippen LogP contribution in [0.3, 0.4) is 0 Å². The van der Waals surface area contributed by atoms with Crippen LogP contribution in [0, 0.1) is 0 Å². The molecule has 4 heteroatoms. The van der Waals surface area contributed by atoms with E-state index in [2.05, 4.69) is 10.1 Å². The summed E-state index contributed by atoms with van der Waals surface area (Å²) in [5.74, 6) is 0.465. The van der Waals surface area contributed by atoms with Gasteiger partial charge in [-0.05, 0) is 12.1 Å². The number of nitrogens with one attached hydrogen (secondary N) is 1. The van der Waals surface area contributed by atoms with Gasteiger partial charge in [0.2, 0.25) is 0 Å². The molecule has 1 unspecified atom stereocenters. The molecule has 0 aromatic heterocycles. The van der Waals surface area contributed by atoms with Crippen molar-refractivity contribution in [3.8, 4) is 5.75 Å². The number of ether oxygens (including phenoxy) is 2. The van der Waals surface area contributed by atoms with Gasteiger partial charge in [0.1, 0.15) is 12.4 Å². The fourth-order valence-corrected chi connectivity index (χ4v) is 1.38. The molecule has 2 rings (SSSR count). The van der Waals surface area contributed by atoms with Crippen molar-refractivity contribution < 1.29 is 14.3 Å². The molecule has 0 aliphatic carbocycles. The SMILES string of the molecule is COC(=O)C1COc2ccccc2N1. The molecule has 4 nitrogen and oxygen atoms in total. The first kappa shape index (κ1) is 8.87. The average molecular weight is 193 g/mol. The smallest absolute Gasteiger partial charge is 0.331 e. The van der Waals surface area contributed by atoms with Crippen LogP contribution in [-0.4, -0.2) is 25.7 Å². The van der Waals surface area contributed by atoms with Crippen LogP contribution in [0.1, 0.15) is 0 Å². The Balaban J connectivity index is 2.17. The third-order valence-electron chi connectivity index (χ3n) is 2.11. The van der Waals surface area contributed by atoms with E-state index < -0.39 is 6.04 Å². The summed E-state index contributed by atoms with van der Waals surface area (Å²) in [6.45, 7) is 0.309. The Morgan fingerprint density at radius 3 is 3.14 bits per heavy atom. The fraction of sp³-hybridized carbons (Fsp3) is 0.300. The predicted octanol–water partition coefficient (Wildman–Crippen LogP) is 1.03. The highest BCUT2D eigenvalue weighted by Gasteiger charge is 2.25. The second-order valence-corrected chi connectivity index (χ2v) is 3.03. The number of para-hydroxylation sites is 2. The van der Waals surface area contributed by atoms with Crippen LogP contribution in [0.4, 0.5) is 5.69 Å². The van der Waals surface area contributed by atoms with E-state index in [4.69, 9.17) is 4.74 Å². The van der Waals surface area contributed by atoms with E-state index in [1.165, 1.54) is 7.11 Å². The Hall–Kier alpha value is -1.71. The number of carbonyl (C=O) groups excluding carboxylic acids is 1. The van der Waals surface area contributed by atoms with Crippen molar-refractivity contribution in [2.45, 2.75) is 6.04 Å². The zero-order chi connectivity index (χ0) is 9.97. The molecule has 0 saturated heterocycles. The number of carbonyl (C=O) groups is 1. The van der Waals surface area contributed by atoms with Crippen LogP contribution in [0.5, 0.6) is 5.75 Å². The minimum atomic E-state index is -0.408. The molecule has 1 aliphatic heterocycles. The standard InChI is InChI=1S/C10H11NO3/c1-13-10(12)8-6-14-9-5-3-2-4-7(9)11-8/h2-5,8,11H,6H2,1H3. The minimum absolute atomic E-state index is 0.306. The number of anilines is 1. The topological polar surface area (TPSA) is 47.6 Å². The average Bonchev–Trinajstić information content (AvgIpc) is 2.27. The molecule has 0 saturated carbocycles. The van der Waals surface area contributed by atoms with E-state index >= 15 is 0 Å². The van der Waals surface area contributed by atoms with Gasteiger partial charge in [-0.2, -0.15) is 0 Å². The molecule has 1 aromatic rings. The van der Waals surface area contributed by atoms with E-state index in [-0.39, 0.29) is 5.97 Å². The zero-order valence-corrected chi connectivity index (χ0v) is 7.82. The minimum Gasteiger partial charge on any atom is -0.489 e. The normalized spacial score (nSPS) is 18.8. The molecule has 0 radical (unpaired) electrons. The van der Waals surface area contributed by atoms with Crippen LogP contribution in [-0.2, 0) is 9.53 Å². The summed E-state index contributed by atoms with van der Waals surface area (Å²) in [6, 6.07) is 7.09. The van der Waals surface area contributed by atoms with Crippen LogP contribution >= 0.6 is 0 Å². The predicted molar refractivity (Wildman–Crippen MR) is 51.4 cm³/mol. The third-order valence-corrected chi connectivity index (χ3v) is 2.11. The molecule has 1 N–H and O–H groups in total. The lowest BCUT2D eigenvalue weighted by atomic mass is 10.2. The van der Waals surface area contributed by atoms with Gasteiger partial charge in [0, 0.05) is 0 Å². The van der Waals surface area contributed by atoms with Crippen LogP contribution < -0.4 is 10.1 Å². The summed E-state index contributed by atoms with van der Waals surface area (Å²) in [4.78, 5) is 11.2. The molecular formula is C10H11NO3. The Labute approximate surface area is 81.8 Å². The molecule has 0 amide bonds. The van der Waals surface area contributed by atoms with E-state index in [1.54, 1.807) is 0 Å². The number of benzene rings is 1. The van der Waals surface area contributed by atoms with Crippen molar-refractivity contribution in [2.75, 3.05) is 19.0 Å². The molecule has 0 bridgehead atoms. The summed E-state index contributed by atoms with van der Waals surface area (Å²) in [7, 11) is 1.37. The van der Waals surface area contributed by atoms with Crippen molar-refractivity contribution in [1.82, 2.24) is 0 Å². The first-order chi connectivity index (χ1) is 6.81. The van der Waals surface area contributed by atoms with Gasteiger partial charge < -0.3 is 14.8 Å². The van der Waals surface area contributed by atoms with Crippen molar-refractivity contribution in [2.24, 2.45) is 0 Å². The lowest BCUT2D eigenvalue weighted by Crippen LogP contribution is -2.39. The molecule has 1 heterocycles. The van der Waals surface area contributed by atoms with Gasteiger partial charge >= 0.3 is 5.97 Å². The Morgan fingerprint density at radius 1 is 1.57 bits per heavy atom. The highest BCUT2D eigenvalue weighted by atomic mass is 16.5. The molecule has 1 aliphatic rings. The zero-order valence-electron chi connectivity index (χ0n) is 7.82. The Bertz CT molecular complexity index is 351. The van der Waals surface area contributed by atoms with E-state index in [0.29, 0.717) is 6.61 Å². The van der Waals surface area contributed by atoms with Crippen molar-refractivity contribution in [3.05, 3.63) is 24.3 Å². The van der Waals surface area contributed by atoms with Gasteiger partial charge in [-0.25, -0.2) is 4.79 Å². The number of fused-ring (bicyclic) bond motifs is 1. The van der Waals surface area contributed by atoms with Crippen LogP contribution in [0.2, 0.25) is 0 Å². The fourth-order valence-electron chi connectivity index (χ4n) is 1.38. The molecular weight excluding hydrogens is 182 g/mol. The maximum atomic E-state index is 11.2. The van der Waals surface area contributed by atoms with E-state index in [0.717, 1.165) is 11.4 Å². The monoisotopic (exact) mass is 193 g/mol. The van der Waals surface area contributed by atoms with E-state index in [1.807, 2.05) is 24.3 Å². The molecule has 14 heavy (non-hydrogen) atoms. The van der Waals surface area contributed by atoms with Gasteiger partial charge in [0.05, 0.1) is 12.8 Å². The first-order valence-electron chi connectivity index (χ1n) is 4.37. The van der Waals surface area contributed by atoms with Crippen molar-refractivity contribution >= 4 is 11.7 Å². The van der Waals surface area contributed by atoms with Crippen molar-refractivity contribution in [1.29, 1.82) is 0 Å². The summed E-state index contributed by atoms with van der Waals surface area (Å²) in [5, 5.41) is 3.05. The highest BCUT2D eigenvalue weighted by molar-refractivity contribution is 5.81. The molecule has 0 spiro atoms. The van der Waals surface area contributed by atoms with Gasteiger partial charge in [-0.1, -0.05) is 12.1 Å². The van der Waals surface area contributed by atoms with Gasteiger partial charge in [0.25, 0.3) is 0 Å². The summed E-state index contributed by atoms with van der Waals surface area (Å²) < 4.78 is 10.0. The summed E-state index contributed by atoms with van der Waals surface area (Å²) in [5.41, 5.74) is 0.828. The largest absolute Gasteiger partial charge is 0.489 e. The van der Waals surface area contributed by atoms with Gasteiger partial charge in [-0.15, -0.1) is 0 Å². The Kier molecular flexibility index (Phi) is 2.26. The molecule has 74 valence electrons. The number of hydrogen-bond acceptors (Lipinski definition) is 4. The van der Waals surface area contributed by atoms with Crippen LogP contribution in [0.15, 0.2) is 24.3 Å². The lowest BCUT2D eigenvalue weighted by Gasteiger charge is -2.25. The maximum Gasteiger partial charge on any atom is 0.331 e. The number of rotatable bonds is 1. The molecule has 1 aromatic carbocycles. The van der Waals surface area contributed by atoms with Gasteiger partial charge in [0.15, 0.2) is 6.04 Å². The van der Waals surface area contributed by atoms with Gasteiger partial charge in [-0.3, -0.25) is 0 Å². The maximum absolute atomic E-state index is 11.2. The molecule has 1 atom stereocenters. The molecule has 0 fully saturated rings. The number of hydrogen-bond donors (Lipinski definition) is 1. The van der Waals surface area contributed by atoms with Crippen molar-refractivity contribution in [3.63, 3.8) is 0 Å². The quantitative estimate of drug-likeness (QED) is 0.677. The summed E-state index contributed by atoms with van der Waals surface area (Å²) in [6.07, 6.45) is 0. The van der Waals surface area contributed by atoms with E-state index in [9.17, 15) is 4.79 Å². The number of methoxy groups -OCH3 is 1. The lowest BCUT2D eigenvalue weighted by molar-refractivity contribution is -0.142. The Morgan fingerprint density at radius 2 is 2.36 bits per heavy atom. The summed E-state index contributed by atoms with van der Waals surface area (Å²) >= 11 is 0. The highest BCUT2D eigenvalue weighted by Crippen LogP contribution is 2.28. The second kappa shape index (κ2) is 3.57. The first-order valence-corrected chi connectivity index (χ1v) is 4.37. The second-order valence-electron chi connectivity index (χ2n) is 3.03. The third kappa shape index (κ3) is 1.51. The number of esters is 1.